The molecule has 0 aromatic heterocycles. The standard InChI is InChI=1S/C11H21NO/c1-8(2)5-6-12-11-7-9(3)13-10(11)4/h5,9-12H,6-7H2,1-4H3. The van der Waals surface area contributed by atoms with Crippen LogP contribution in [-0.2, 0) is 4.74 Å². The van der Waals surface area contributed by atoms with Crippen molar-refractivity contribution in [2.75, 3.05) is 6.54 Å². The van der Waals surface area contributed by atoms with E-state index in [0.29, 0.717) is 18.2 Å². The van der Waals surface area contributed by atoms with Crippen LogP contribution in [0.1, 0.15) is 34.1 Å². The van der Waals surface area contributed by atoms with Crippen LogP contribution in [0, 0.1) is 0 Å². The fourth-order valence-corrected chi connectivity index (χ4v) is 1.73. The summed E-state index contributed by atoms with van der Waals surface area (Å²) < 4.78 is 5.65. The number of nitrogens with one attached hydrogen (secondary N) is 1. The van der Waals surface area contributed by atoms with Crippen molar-refractivity contribution in [3.8, 4) is 0 Å². The Kier molecular flexibility index (Phi) is 3.94. The minimum Gasteiger partial charge on any atom is -0.374 e. The van der Waals surface area contributed by atoms with Gasteiger partial charge in [-0.25, -0.2) is 0 Å². The first kappa shape index (κ1) is 10.7. The molecule has 2 heteroatoms. The van der Waals surface area contributed by atoms with Gasteiger partial charge in [-0.3, -0.25) is 0 Å². The van der Waals surface area contributed by atoms with E-state index in [-0.39, 0.29) is 0 Å². The number of hydrogen-bond donors (Lipinski definition) is 1. The molecule has 1 heterocycles. The molecule has 3 atom stereocenters. The zero-order valence-electron chi connectivity index (χ0n) is 9.13. The Labute approximate surface area is 81.4 Å². The maximum absolute atomic E-state index is 5.65. The molecule has 13 heavy (non-hydrogen) atoms. The summed E-state index contributed by atoms with van der Waals surface area (Å²) in [5.74, 6) is 0. The van der Waals surface area contributed by atoms with Crippen LogP contribution < -0.4 is 5.32 Å². The van der Waals surface area contributed by atoms with Gasteiger partial charge in [-0.1, -0.05) is 11.6 Å². The van der Waals surface area contributed by atoms with Crippen molar-refractivity contribution < 1.29 is 4.74 Å². The van der Waals surface area contributed by atoms with Crippen LogP contribution in [0.5, 0.6) is 0 Å². The van der Waals surface area contributed by atoms with Crippen molar-refractivity contribution in [1.82, 2.24) is 5.32 Å². The summed E-state index contributed by atoms with van der Waals surface area (Å²) >= 11 is 0. The fourth-order valence-electron chi connectivity index (χ4n) is 1.73. The van der Waals surface area contributed by atoms with Crippen LogP contribution in [-0.4, -0.2) is 24.8 Å². The molecule has 1 N–H and O–H groups in total. The van der Waals surface area contributed by atoms with Crippen LogP contribution in [0.3, 0.4) is 0 Å². The van der Waals surface area contributed by atoms with Crippen molar-refractivity contribution in [1.29, 1.82) is 0 Å². The normalized spacial score (nSPS) is 33.4. The molecule has 0 spiro atoms. The van der Waals surface area contributed by atoms with Crippen LogP contribution in [0.4, 0.5) is 0 Å². The summed E-state index contributed by atoms with van der Waals surface area (Å²) in [6.45, 7) is 9.49. The Balaban J connectivity index is 2.26. The second-order valence-electron chi connectivity index (χ2n) is 4.18. The van der Waals surface area contributed by atoms with E-state index in [1.54, 1.807) is 0 Å². The van der Waals surface area contributed by atoms with E-state index in [2.05, 4.69) is 39.1 Å². The molecule has 1 aliphatic rings. The highest BCUT2D eigenvalue weighted by Crippen LogP contribution is 2.19. The SMILES string of the molecule is CC(C)=CCNC1CC(C)OC1C. The molecule has 2 nitrogen and oxygen atoms in total. The molecule has 0 aromatic rings. The molecule has 1 saturated heterocycles. The van der Waals surface area contributed by atoms with Gasteiger partial charge in [0.2, 0.25) is 0 Å². The van der Waals surface area contributed by atoms with Gasteiger partial charge >= 0.3 is 0 Å². The topological polar surface area (TPSA) is 21.3 Å². The van der Waals surface area contributed by atoms with Crippen LogP contribution in [0.2, 0.25) is 0 Å². The minimum absolute atomic E-state index is 0.362. The first-order chi connectivity index (χ1) is 6.09. The van der Waals surface area contributed by atoms with Gasteiger partial charge in [0.15, 0.2) is 0 Å². The highest BCUT2D eigenvalue weighted by molar-refractivity contribution is 4.96. The molecule has 0 bridgehead atoms. The van der Waals surface area contributed by atoms with Gasteiger partial charge in [0.1, 0.15) is 0 Å². The van der Waals surface area contributed by atoms with Crippen molar-refractivity contribution in [2.45, 2.75) is 52.4 Å². The van der Waals surface area contributed by atoms with E-state index in [9.17, 15) is 0 Å². The summed E-state index contributed by atoms with van der Waals surface area (Å²) in [5.41, 5.74) is 1.37. The average Bonchev–Trinajstić information content (AvgIpc) is 2.29. The Morgan fingerprint density at radius 2 is 2.15 bits per heavy atom. The molecule has 1 fully saturated rings. The van der Waals surface area contributed by atoms with Crippen LogP contribution >= 0.6 is 0 Å². The van der Waals surface area contributed by atoms with E-state index < -0.39 is 0 Å². The van der Waals surface area contributed by atoms with Gasteiger partial charge in [-0.15, -0.1) is 0 Å². The zero-order chi connectivity index (χ0) is 9.84. The average molecular weight is 183 g/mol. The highest BCUT2D eigenvalue weighted by atomic mass is 16.5. The quantitative estimate of drug-likeness (QED) is 0.677. The lowest BCUT2D eigenvalue weighted by Crippen LogP contribution is -2.34. The molecule has 0 radical (unpaired) electrons. The minimum atomic E-state index is 0.362. The maximum Gasteiger partial charge on any atom is 0.0704 e. The van der Waals surface area contributed by atoms with Gasteiger partial charge in [0, 0.05) is 12.6 Å². The third-order valence-corrected chi connectivity index (χ3v) is 2.49. The lowest BCUT2D eigenvalue weighted by molar-refractivity contribution is 0.0609. The number of rotatable bonds is 3. The monoisotopic (exact) mass is 183 g/mol. The molecule has 0 aliphatic carbocycles. The van der Waals surface area contributed by atoms with Crippen molar-refractivity contribution >= 4 is 0 Å². The van der Waals surface area contributed by atoms with Gasteiger partial charge < -0.3 is 10.1 Å². The second-order valence-corrected chi connectivity index (χ2v) is 4.18. The van der Waals surface area contributed by atoms with E-state index >= 15 is 0 Å². The molecule has 0 amide bonds. The number of ether oxygens (including phenoxy) is 1. The first-order valence-electron chi connectivity index (χ1n) is 5.12. The van der Waals surface area contributed by atoms with E-state index in [1.807, 2.05) is 0 Å². The second kappa shape index (κ2) is 4.77. The maximum atomic E-state index is 5.65. The van der Waals surface area contributed by atoms with Gasteiger partial charge in [0.05, 0.1) is 12.2 Å². The molecular weight excluding hydrogens is 162 g/mol. The summed E-state index contributed by atoms with van der Waals surface area (Å²) in [6.07, 6.45) is 4.13. The van der Waals surface area contributed by atoms with Crippen molar-refractivity contribution in [2.24, 2.45) is 0 Å². The lowest BCUT2D eigenvalue weighted by Gasteiger charge is -2.14. The molecule has 3 unspecified atom stereocenters. The zero-order valence-corrected chi connectivity index (χ0v) is 9.13. The predicted octanol–water partition coefficient (Wildman–Crippen LogP) is 2.11. The Bertz CT molecular complexity index is 185. The third kappa shape index (κ3) is 3.49. The van der Waals surface area contributed by atoms with Crippen molar-refractivity contribution in [3.63, 3.8) is 0 Å². The number of allylic oxidation sites excluding steroid dienone is 1. The Morgan fingerprint density at radius 1 is 1.46 bits per heavy atom. The molecule has 1 aliphatic heterocycles. The van der Waals surface area contributed by atoms with E-state index in [0.717, 1.165) is 13.0 Å². The molecule has 1 rings (SSSR count). The molecule has 0 saturated carbocycles. The Morgan fingerprint density at radius 3 is 2.62 bits per heavy atom. The van der Waals surface area contributed by atoms with Gasteiger partial charge in [0.25, 0.3) is 0 Å². The molecule has 0 aromatic carbocycles. The first-order valence-corrected chi connectivity index (χ1v) is 5.12. The van der Waals surface area contributed by atoms with Crippen LogP contribution in [0.15, 0.2) is 11.6 Å². The largest absolute Gasteiger partial charge is 0.374 e. The summed E-state index contributed by atoms with van der Waals surface area (Å²) in [6, 6.07) is 0.533. The summed E-state index contributed by atoms with van der Waals surface area (Å²) in [4.78, 5) is 0. The summed E-state index contributed by atoms with van der Waals surface area (Å²) in [5, 5.41) is 3.49. The molecular formula is C11H21NO. The smallest absolute Gasteiger partial charge is 0.0704 e. The highest BCUT2D eigenvalue weighted by Gasteiger charge is 2.28. The summed E-state index contributed by atoms with van der Waals surface area (Å²) in [7, 11) is 0. The lowest BCUT2D eigenvalue weighted by atomic mass is 10.1. The van der Waals surface area contributed by atoms with Crippen LogP contribution in [0.25, 0.3) is 0 Å². The fraction of sp³-hybridized carbons (Fsp3) is 0.818. The van der Waals surface area contributed by atoms with Gasteiger partial charge in [-0.2, -0.15) is 0 Å². The third-order valence-electron chi connectivity index (χ3n) is 2.49. The Hall–Kier alpha value is -0.340. The van der Waals surface area contributed by atoms with Gasteiger partial charge in [-0.05, 0) is 34.1 Å². The molecule has 76 valence electrons. The van der Waals surface area contributed by atoms with E-state index in [4.69, 9.17) is 4.74 Å². The van der Waals surface area contributed by atoms with Crippen molar-refractivity contribution in [3.05, 3.63) is 11.6 Å². The number of hydrogen-bond acceptors (Lipinski definition) is 2. The van der Waals surface area contributed by atoms with E-state index in [1.165, 1.54) is 5.57 Å². The predicted molar refractivity (Wildman–Crippen MR) is 55.8 cm³/mol.